The first kappa shape index (κ1) is 20.3. The van der Waals surface area contributed by atoms with Crippen LogP contribution in [0.2, 0.25) is 0 Å². The largest absolute Gasteiger partial charge is 0.382 e. The summed E-state index contributed by atoms with van der Waals surface area (Å²) < 4.78 is 1.37. The zero-order chi connectivity index (χ0) is 22.8. The van der Waals surface area contributed by atoms with Crippen molar-refractivity contribution in [1.82, 2.24) is 29.7 Å². The second-order valence-corrected chi connectivity index (χ2v) is 6.79. The van der Waals surface area contributed by atoms with Gasteiger partial charge in [-0.25, -0.2) is 4.98 Å². The number of rotatable bonds is 5. The predicted molar refractivity (Wildman–Crippen MR) is 116 cm³/mol. The summed E-state index contributed by atoms with van der Waals surface area (Å²) in [5, 5.41) is 28.9. The van der Waals surface area contributed by atoms with Crippen LogP contribution in [-0.4, -0.2) is 29.7 Å². The summed E-state index contributed by atoms with van der Waals surface area (Å²) >= 11 is 0. The molecule has 6 N–H and O–H groups in total. The van der Waals surface area contributed by atoms with Gasteiger partial charge in [0.05, 0.1) is 34.4 Å². The van der Waals surface area contributed by atoms with Gasteiger partial charge in [0.25, 0.3) is 5.56 Å². The van der Waals surface area contributed by atoms with Crippen molar-refractivity contribution in [2.24, 2.45) is 0 Å². The van der Waals surface area contributed by atoms with Crippen LogP contribution in [0, 0.1) is 22.7 Å². The minimum absolute atomic E-state index is 0.0300. The molecule has 12 heteroatoms. The molecule has 0 bridgehead atoms. The molecule has 4 rings (SSSR count). The molecule has 0 fully saturated rings. The van der Waals surface area contributed by atoms with Crippen LogP contribution in [0.3, 0.4) is 0 Å². The zero-order valence-corrected chi connectivity index (χ0v) is 16.9. The van der Waals surface area contributed by atoms with Crippen LogP contribution in [0.1, 0.15) is 36.3 Å². The Kier molecular flexibility index (Phi) is 5.10. The van der Waals surface area contributed by atoms with Crippen LogP contribution in [0.5, 0.6) is 0 Å². The van der Waals surface area contributed by atoms with Crippen molar-refractivity contribution in [3.05, 3.63) is 57.9 Å². The molecule has 1 aromatic carbocycles. The highest BCUT2D eigenvalue weighted by Crippen LogP contribution is 2.27. The third-order valence-corrected chi connectivity index (χ3v) is 4.88. The SMILES string of the molecule is CC[C@H](Nc1nc(N)nc(N)c1C#N)c1nc2cccc(C#N)c2c(=O)n1-c1cn[nH]c1. The molecule has 0 amide bonds. The summed E-state index contributed by atoms with van der Waals surface area (Å²) in [5.41, 5.74) is 12.2. The first-order valence-electron chi connectivity index (χ1n) is 9.53. The lowest BCUT2D eigenvalue weighted by atomic mass is 10.1. The highest BCUT2D eigenvalue weighted by atomic mass is 16.1. The fourth-order valence-corrected chi connectivity index (χ4v) is 3.42. The molecule has 0 aliphatic rings. The number of H-pyrrole nitrogens is 1. The Morgan fingerprint density at radius 1 is 1.22 bits per heavy atom. The van der Waals surface area contributed by atoms with Crippen LogP contribution in [-0.2, 0) is 0 Å². The van der Waals surface area contributed by atoms with Crippen molar-refractivity contribution in [1.29, 1.82) is 10.5 Å². The van der Waals surface area contributed by atoms with Gasteiger partial charge in [0, 0.05) is 6.20 Å². The summed E-state index contributed by atoms with van der Waals surface area (Å²) in [5.74, 6) is 0.301. The van der Waals surface area contributed by atoms with E-state index < -0.39 is 11.6 Å². The van der Waals surface area contributed by atoms with E-state index in [9.17, 15) is 15.3 Å². The number of aromatic nitrogens is 6. The van der Waals surface area contributed by atoms with Crippen molar-refractivity contribution >= 4 is 28.5 Å². The number of nitrogens with one attached hydrogen (secondary N) is 2. The number of nitriles is 2. The van der Waals surface area contributed by atoms with E-state index in [1.54, 1.807) is 24.4 Å². The lowest BCUT2D eigenvalue weighted by Crippen LogP contribution is -2.28. The predicted octanol–water partition coefficient (Wildman–Crippen LogP) is 1.37. The molecule has 32 heavy (non-hydrogen) atoms. The number of fused-ring (bicyclic) bond motifs is 1. The fourth-order valence-electron chi connectivity index (χ4n) is 3.42. The molecule has 0 saturated carbocycles. The van der Waals surface area contributed by atoms with Gasteiger partial charge in [-0.1, -0.05) is 13.0 Å². The highest BCUT2D eigenvalue weighted by molar-refractivity contribution is 5.84. The first-order chi connectivity index (χ1) is 15.5. The van der Waals surface area contributed by atoms with E-state index in [2.05, 4.69) is 30.5 Å². The monoisotopic (exact) mass is 427 g/mol. The number of anilines is 3. The van der Waals surface area contributed by atoms with Gasteiger partial charge in [-0.2, -0.15) is 25.6 Å². The number of nitrogens with two attached hydrogens (primary N) is 2. The average molecular weight is 427 g/mol. The van der Waals surface area contributed by atoms with Crippen LogP contribution < -0.4 is 22.3 Å². The molecule has 0 unspecified atom stereocenters. The molecule has 3 aromatic heterocycles. The number of aromatic amines is 1. The lowest BCUT2D eigenvalue weighted by molar-refractivity contribution is 0.658. The van der Waals surface area contributed by atoms with Gasteiger partial charge >= 0.3 is 0 Å². The topological polar surface area (TPSA) is 201 Å². The van der Waals surface area contributed by atoms with Gasteiger partial charge in [0.1, 0.15) is 29.3 Å². The highest BCUT2D eigenvalue weighted by Gasteiger charge is 2.24. The Morgan fingerprint density at radius 2 is 2.03 bits per heavy atom. The van der Waals surface area contributed by atoms with Crippen LogP contribution >= 0.6 is 0 Å². The molecule has 4 aromatic rings. The minimum atomic E-state index is -0.575. The van der Waals surface area contributed by atoms with Crippen molar-refractivity contribution in [3.8, 4) is 17.8 Å². The van der Waals surface area contributed by atoms with Gasteiger partial charge in [0.2, 0.25) is 5.95 Å². The molecular formula is C20H17N11O. The summed E-state index contributed by atoms with van der Waals surface area (Å²) in [7, 11) is 0. The fraction of sp³-hybridized carbons (Fsp3) is 0.150. The Morgan fingerprint density at radius 3 is 2.69 bits per heavy atom. The Bertz CT molecular complexity index is 1460. The normalized spacial score (nSPS) is 11.6. The van der Waals surface area contributed by atoms with Crippen molar-refractivity contribution < 1.29 is 0 Å². The summed E-state index contributed by atoms with van der Waals surface area (Å²) in [6, 6.07) is 8.31. The van der Waals surface area contributed by atoms with E-state index in [0.717, 1.165) is 0 Å². The third kappa shape index (κ3) is 3.32. The van der Waals surface area contributed by atoms with E-state index in [1.807, 2.05) is 19.1 Å². The molecule has 0 saturated heterocycles. The number of nitrogens with zero attached hydrogens (tertiary/aromatic N) is 7. The Balaban J connectivity index is 1.98. The molecule has 0 aliphatic carbocycles. The van der Waals surface area contributed by atoms with E-state index >= 15 is 0 Å². The number of nitrogen functional groups attached to an aromatic ring is 2. The molecule has 1 atom stereocenters. The molecule has 12 nitrogen and oxygen atoms in total. The van der Waals surface area contributed by atoms with E-state index in [-0.39, 0.29) is 34.1 Å². The van der Waals surface area contributed by atoms with Crippen LogP contribution in [0.15, 0.2) is 35.4 Å². The number of hydrogen-bond acceptors (Lipinski definition) is 10. The quantitative estimate of drug-likeness (QED) is 0.360. The van der Waals surface area contributed by atoms with Crippen LogP contribution in [0.4, 0.5) is 17.6 Å². The second kappa shape index (κ2) is 8.04. The van der Waals surface area contributed by atoms with Gasteiger partial charge < -0.3 is 16.8 Å². The smallest absolute Gasteiger partial charge is 0.267 e. The van der Waals surface area contributed by atoms with Crippen molar-refractivity contribution in [3.63, 3.8) is 0 Å². The van der Waals surface area contributed by atoms with Crippen LogP contribution in [0.25, 0.3) is 16.6 Å². The second-order valence-electron chi connectivity index (χ2n) is 6.79. The maximum absolute atomic E-state index is 13.5. The Labute approximate surface area is 181 Å². The van der Waals surface area contributed by atoms with Crippen molar-refractivity contribution in [2.75, 3.05) is 16.8 Å². The zero-order valence-electron chi connectivity index (χ0n) is 16.9. The van der Waals surface area contributed by atoms with E-state index in [4.69, 9.17) is 11.5 Å². The van der Waals surface area contributed by atoms with E-state index in [1.165, 1.54) is 10.8 Å². The van der Waals surface area contributed by atoms with Gasteiger partial charge in [0.15, 0.2) is 5.82 Å². The summed E-state index contributed by atoms with van der Waals surface area (Å²) in [4.78, 5) is 26.1. The number of hydrogen-bond donors (Lipinski definition) is 4. The average Bonchev–Trinajstić information content (AvgIpc) is 3.31. The molecule has 0 spiro atoms. The summed E-state index contributed by atoms with van der Waals surface area (Å²) in [6.45, 7) is 1.87. The third-order valence-electron chi connectivity index (χ3n) is 4.88. The lowest BCUT2D eigenvalue weighted by Gasteiger charge is -2.22. The molecule has 0 aliphatic heterocycles. The van der Waals surface area contributed by atoms with Crippen molar-refractivity contribution in [2.45, 2.75) is 19.4 Å². The molecular weight excluding hydrogens is 410 g/mol. The maximum atomic E-state index is 13.5. The number of benzene rings is 1. The van der Waals surface area contributed by atoms with Gasteiger partial charge in [-0.05, 0) is 18.6 Å². The van der Waals surface area contributed by atoms with E-state index in [0.29, 0.717) is 23.4 Å². The standard InChI is InChI=1S/C20H17N11O/c1-2-13(27-17-12(7-22)16(23)29-20(24)30-17)18-28-14-5-3-4-10(6-21)15(14)19(32)31(18)11-8-25-26-9-11/h3-5,8-9,13H,2H2,1H3,(H,25,26)(H5,23,24,27,29,30)/t13-/m0/s1. The summed E-state index contributed by atoms with van der Waals surface area (Å²) in [6.07, 6.45) is 3.48. The molecule has 0 radical (unpaired) electrons. The molecule has 158 valence electrons. The molecule has 3 heterocycles. The van der Waals surface area contributed by atoms with Gasteiger partial charge in [-0.3, -0.25) is 14.5 Å². The maximum Gasteiger partial charge on any atom is 0.267 e. The Hall–Kier alpha value is -4.97. The van der Waals surface area contributed by atoms with Gasteiger partial charge in [-0.15, -0.1) is 0 Å². The minimum Gasteiger partial charge on any atom is -0.382 e. The first-order valence-corrected chi connectivity index (χ1v) is 9.53.